The minimum absolute atomic E-state index is 0.00901. The van der Waals surface area contributed by atoms with Crippen LogP contribution in [-0.4, -0.2) is 50.5 Å². The van der Waals surface area contributed by atoms with Crippen LogP contribution in [0.25, 0.3) is 0 Å². The number of likely N-dealkylation sites (N-methyl/N-ethyl adjacent to an activating group) is 1. The molecule has 2 rings (SSSR count). The quantitative estimate of drug-likeness (QED) is 0.521. The summed E-state index contributed by atoms with van der Waals surface area (Å²) in [5.41, 5.74) is 2.70. The number of carbonyl (C=O) groups is 2. The number of amides is 2. The van der Waals surface area contributed by atoms with E-state index < -0.39 is 21.9 Å². The predicted molar refractivity (Wildman–Crippen MR) is 132 cm³/mol. The highest BCUT2D eigenvalue weighted by molar-refractivity contribution is 7.92. The van der Waals surface area contributed by atoms with Crippen LogP contribution in [0.5, 0.6) is 0 Å². The number of nitrogens with zero attached hydrogens (tertiary/aromatic N) is 2. The summed E-state index contributed by atoms with van der Waals surface area (Å²) in [6, 6.07) is 10.8. The van der Waals surface area contributed by atoms with Gasteiger partial charge in [-0.2, -0.15) is 0 Å². The van der Waals surface area contributed by atoms with Crippen LogP contribution in [0.15, 0.2) is 42.5 Å². The highest BCUT2D eigenvalue weighted by Gasteiger charge is 2.27. The molecule has 7 nitrogen and oxygen atoms in total. The van der Waals surface area contributed by atoms with Crippen LogP contribution in [0.3, 0.4) is 0 Å². The summed E-state index contributed by atoms with van der Waals surface area (Å²) in [7, 11) is -3.57. The molecule has 0 bridgehead atoms. The lowest BCUT2D eigenvalue weighted by atomic mass is 10.1. The van der Waals surface area contributed by atoms with Crippen LogP contribution in [0.2, 0.25) is 0 Å². The van der Waals surface area contributed by atoms with Gasteiger partial charge in [0.2, 0.25) is 21.8 Å². The Balaban J connectivity index is 2.20. The van der Waals surface area contributed by atoms with Gasteiger partial charge in [0.25, 0.3) is 0 Å². The molecule has 2 aromatic carbocycles. The maximum atomic E-state index is 14.3. The fourth-order valence-electron chi connectivity index (χ4n) is 3.70. The Morgan fingerprint density at radius 2 is 1.76 bits per heavy atom. The van der Waals surface area contributed by atoms with E-state index in [2.05, 4.69) is 5.32 Å². The first-order valence-electron chi connectivity index (χ1n) is 11.3. The van der Waals surface area contributed by atoms with E-state index >= 15 is 0 Å². The molecule has 2 amide bonds. The van der Waals surface area contributed by atoms with E-state index in [0.717, 1.165) is 17.4 Å². The molecule has 0 aliphatic carbocycles. The summed E-state index contributed by atoms with van der Waals surface area (Å²) in [4.78, 5) is 26.9. The minimum atomic E-state index is -3.57. The monoisotopic (exact) mass is 491 g/mol. The number of rotatable bonds is 11. The number of sulfonamides is 1. The maximum absolute atomic E-state index is 14.3. The summed E-state index contributed by atoms with van der Waals surface area (Å²) >= 11 is 0. The molecule has 1 atom stereocenters. The lowest BCUT2D eigenvalue weighted by Gasteiger charge is -2.29. The van der Waals surface area contributed by atoms with Crippen molar-refractivity contribution in [1.82, 2.24) is 10.2 Å². The molecule has 0 aliphatic heterocycles. The van der Waals surface area contributed by atoms with Crippen LogP contribution in [0.4, 0.5) is 10.1 Å². The van der Waals surface area contributed by atoms with Crippen LogP contribution >= 0.6 is 0 Å². The molecule has 186 valence electrons. The number of carbonyl (C=O) groups excluding carboxylic acids is 2. The summed E-state index contributed by atoms with van der Waals surface area (Å²) < 4.78 is 40.5. The fraction of sp³-hybridized carbons (Fsp3) is 0.440. The Hall–Kier alpha value is -2.94. The molecule has 0 radical (unpaired) electrons. The first-order chi connectivity index (χ1) is 16.0. The molecule has 0 unspecified atom stereocenters. The van der Waals surface area contributed by atoms with Crippen molar-refractivity contribution in [2.75, 3.05) is 23.7 Å². The van der Waals surface area contributed by atoms with Gasteiger partial charge >= 0.3 is 0 Å². The van der Waals surface area contributed by atoms with Crippen LogP contribution in [0.1, 0.15) is 43.4 Å². The third kappa shape index (κ3) is 7.03. The second-order valence-electron chi connectivity index (χ2n) is 8.34. The van der Waals surface area contributed by atoms with E-state index in [0.29, 0.717) is 17.8 Å². The summed E-state index contributed by atoms with van der Waals surface area (Å²) in [5, 5.41) is 2.69. The molecule has 2 aromatic rings. The van der Waals surface area contributed by atoms with Gasteiger partial charge in [0, 0.05) is 31.6 Å². The molecule has 0 aromatic heterocycles. The Morgan fingerprint density at radius 1 is 1.09 bits per heavy atom. The first kappa shape index (κ1) is 27.3. The topological polar surface area (TPSA) is 86.8 Å². The van der Waals surface area contributed by atoms with Crippen molar-refractivity contribution in [2.45, 2.75) is 53.1 Å². The van der Waals surface area contributed by atoms with Crippen molar-refractivity contribution in [2.24, 2.45) is 0 Å². The van der Waals surface area contributed by atoms with E-state index in [9.17, 15) is 22.4 Å². The highest BCUT2D eigenvalue weighted by atomic mass is 32.2. The van der Waals surface area contributed by atoms with Crippen LogP contribution in [0, 0.1) is 19.7 Å². The van der Waals surface area contributed by atoms with Gasteiger partial charge in [-0.05, 0) is 57.4 Å². The van der Waals surface area contributed by atoms with E-state index in [1.807, 2.05) is 19.9 Å². The zero-order valence-corrected chi connectivity index (χ0v) is 21.3. The first-order valence-corrected chi connectivity index (χ1v) is 13.2. The SMILES string of the molecule is CCNC(=O)[C@H](C)N(Cc1ccccc1F)C(=O)CCCN(c1cccc(C)c1C)S(C)(=O)=O. The van der Waals surface area contributed by atoms with Gasteiger partial charge < -0.3 is 10.2 Å². The third-order valence-electron chi connectivity index (χ3n) is 5.81. The van der Waals surface area contributed by atoms with Gasteiger partial charge in [0.15, 0.2) is 0 Å². The van der Waals surface area contributed by atoms with Gasteiger partial charge in [0.05, 0.1) is 11.9 Å². The van der Waals surface area contributed by atoms with Crippen LogP contribution < -0.4 is 9.62 Å². The summed E-state index contributed by atoms with van der Waals surface area (Å²) in [6.45, 7) is 7.60. The van der Waals surface area contributed by atoms with Crippen molar-refractivity contribution in [3.05, 3.63) is 65.0 Å². The molecule has 0 heterocycles. The van der Waals surface area contributed by atoms with Crippen molar-refractivity contribution in [3.63, 3.8) is 0 Å². The smallest absolute Gasteiger partial charge is 0.242 e. The summed E-state index contributed by atoms with van der Waals surface area (Å²) in [6.07, 6.45) is 1.39. The molecule has 0 fully saturated rings. The van der Waals surface area contributed by atoms with Crippen LogP contribution in [-0.2, 0) is 26.2 Å². The third-order valence-corrected chi connectivity index (χ3v) is 6.99. The number of nitrogens with one attached hydrogen (secondary N) is 1. The minimum Gasteiger partial charge on any atom is -0.355 e. The molecule has 0 saturated carbocycles. The Bertz CT molecular complexity index is 1120. The van der Waals surface area contributed by atoms with Gasteiger partial charge in [-0.1, -0.05) is 30.3 Å². The standard InChI is InChI=1S/C25H34FN3O4S/c1-6-27-25(31)20(4)28(17-21-12-7-8-13-22(21)26)24(30)15-10-16-29(34(5,32)33)23-14-9-11-18(2)19(23)3/h7-9,11-14,20H,6,10,15-17H2,1-5H3,(H,27,31)/t20-/m0/s1. The molecular weight excluding hydrogens is 457 g/mol. The fourth-order valence-corrected chi connectivity index (χ4v) is 4.72. The highest BCUT2D eigenvalue weighted by Crippen LogP contribution is 2.25. The van der Waals surface area contributed by atoms with E-state index in [1.165, 1.54) is 15.3 Å². The molecule has 9 heteroatoms. The molecule has 0 saturated heterocycles. The zero-order chi connectivity index (χ0) is 25.5. The predicted octanol–water partition coefficient (Wildman–Crippen LogP) is 3.54. The van der Waals surface area contributed by atoms with Crippen molar-refractivity contribution in [3.8, 4) is 0 Å². The maximum Gasteiger partial charge on any atom is 0.242 e. The number of aryl methyl sites for hydroxylation is 1. The average Bonchev–Trinajstić information content (AvgIpc) is 2.77. The number of halogens is 1. The number of hydrogen-bond donors (Lipinski definition) is 1. The number of hydrogen-bond acceptors (Lipinski definition) is 4. The number of anilines is 1. The van der Waals surface area contributed by atoms with Crippen molar-refractivity contribution in [1.29, 1.82) is 0 Å². The van der Waals surface area contributed by atoms with Gasteiger partial charge in [0.1, 0.15) is 11.9 Å². The van der Waals surface area contributed by atoms with Crippen molar-refractivity contribution >= 4 is 27.5 Å². The number of benzene rings is 2. The van der Waals surface area contributed by atoms with Gasteiger partial charge in [-0.3, -0.25) is 13.9 Å². The van der Waals surface area contributed by atoms with E-state index in [1.54, 1.807) is 44.2 Å². The molecule has 0 aliphatic rings. The second-order valence-corrected chi connectivity index (χ2v) is 10.2. The Morgan fingerprint density at radius 3 is 2.38 bits per heavy atom. The second kappa shape index (κ2) is 12.0. The zero-order valence-electron chi connectivity index (χ0n) is 20.5. The molecule has 0 spiro atoms. The van der Waals surface area contributed by atoms with Gasteiger partial charge in [-0.25, -0.2) is 12.8 Å². The lowest BCUT2D eigenvalue weighted by molar-refractivity contribution is -0.140. The normalized spacial score (nSPS) is 12.2. The molecular formula is C25H34FN3O4S. The Kier molecular flexibility index (Phi) is 9.61. The van der Waals surface area contributed by atoms with E-state index in [-0.39, 0.29) is 37.7 Å². The largest absolute Gasteiger partial charge is 0.355 e. The Labute approximate surface area is 202 Å². The summed E-state index contributed by atoms with van der Waals surface area (Å²) in [5.74, 6) is -1.14. The lowest BCUT2D eigenvalue weighted by Crippen LogP contribution is -2.47. The van der Waals surface area contributed by atoms with E-state index in [4.69, 9.17) is 0 Å². The van der Waals surface area contributed by atoms with Crippen molar-refractivity contribution < 1.29 is 22.4 Å². The average molecular weight is 492 g/mol. The molecule has 34 heavy (non-hydrogen) atoms. The molecule has 1 N–H and O–H groups in total. The van der Waals surface area contributed by atoms with Gasteiger partial charge in [-0.15, -0.1) is 0 Å².